The lowest BCUT2D eigenvalue weighted by atomic mass is 10.2. The number of nitrogens with zero attached hydrogens (tertiary/aromatic N) is 3. The van der Waals surface area contributed by atoms with E-state index in [1.165, 1.54) is 12.1 Å². The van der Waals surface area contributed by atoms with Crippen LogP contribution in [0, 0.1) is 10.1 Å². The van der Waals surface area contributed by atoms with E-state index >= 15 is 0 Å². The molecule has 1 aliphatic heterocycles. The minimum absolute atomic E-state index is 0.125. The van der Waals surface area contributed by atoms with Crippen molar-refractivity contribution in [1.29, 1.82) is 0 Å². The molecule has 1 atom stereocenters. The maximum atomic E-state index is 10.6. The Morgan fingerprint density at radius 2 is 2.00 bits per heavy atom. The molecule has 0 saturated carbocycles. The number of anilines is 1. The van der Waals surface area contributed by atoms with Crippen LogP contribution >= 0.6 is 0 Å². The van der Waals surface area contributed by atoms with Crippen molar-refractivity contribution in [3.8, 4) is 0 Å². The van der Waals surface area contributed by atoms with Crippen LogP contribution in [0.4, 0.5) is 11.4 Å². The van der Waals surface area contributed by atoms with Gasteiger partial charge in [-0.1, -0.05) is 0 Å². The van der Waals surface area contributed by atoms with Crippen molar-refractivity contribution in [3.05, 3.63) is 34.4 Å². The van der Waals surface area contributed by atoms with Gasteiger partial charge in [-0.2, -0.15) is 0 Å². The average molecular weight is 264 g/mol. The Kier molecular flexibility index (Phi) is 4.34. The zero-order chi connectivity index (χ0) is 13.8. The van der Waals surface area contributed by atoms with Crippen LogP contribution in [0.15, 0.2) is 24.3 Å². The molecule has 104 valence electrons. The molecule has 0 radical (unpaired) electrons. The number of benzene rings is 1. The normalized spacial score (nSPS) is 21.3. The molecule has 0 bridgehead atoms. The fourth-order valence-corrected chi connectivity index (χ4v) is 2.26. The van der Waals surface area contributed by atoms with Crippen LogP contribution in [-0.4, -0.2) is 61.0 Å². The zero-order valence-electron chi connectivity index (χ0n) is 11.4. The lowest BCUT2D eigenvalue weighted by Crippen LogP contribution is -2.52. The third-order valence-corrected chi connectivity index (χ3v) is 3.60. The molecule has 2 rings (SSSR count). The van der Waals surface area contributed by atoms with Gasteiger partial charge >= 0.3 is 0 Å². The van der Waals surface area contributed by atoms with Gasteiger partial charge in [-0.05, 0) is 26.2 Å². The number of nitro groups is 1. The van der Waals surface area contributed by atoms with E-state index in [-0.39, 0.29) is 10.6 Å². The predicted molar refractivity (Wildman–Crippen MR) is 75.5 cm³/mol. The highest BCUT2D eigenvalue weighted by Gasteiger charge is 2.21. The zero-order valence-corrected chi connectivity index (χ0v) is 11.4. The van der Waals surface area contributed by atoms with Crippen molar-refractivity contribution in [3.63, 3.8) is 0 Å². The number of likely N-dealkylation sites (N-methyl/N-ethyl adjacent to an activating group) is 2. The van der Waals surface area contributed by atoms with Gasteiger partial charge in [0.05, 0.1) is 4.92 Å². The van der Waals surface area contributed by atoms with E-state index in [0.717, 1.165) is 31.9 Å². The summed E-state index contributed by atoms with van der Waals surface area (Å²) in [4.78, 5) is 14.9. The van der Waals surface area contributed by atoms with Gasteiger partial charge in [0.25, 0.3) is 5.69 Å². The number of non-ortho nitro benzene ring substituents is 1. The number of nitrogens with one attached hydrogen (secondary N) is 1. The summed E-state index contributed by atoms with van der Waals surface area (Å²) in [6.45, 7) is 4.06. The molecule has 1 unspecified atom stereocenters. The molecule has 6 nitrogen and oxygen atoms in total. The van der Waals surface area contributed by atoms with Crippen LogP contribution in [0.5, 0.6) is 0 Å². The molecule has 19 heavy (non-hydrogen) atoms. The van der Waals surface area contributed by atoms with Crippen molar-refractivity contribution in [2.75, 3.05) is 45.6 Å². The molecule has 1 saturated heterocycles. The molecule has 0 aromatic heterocycles. The van der Waals surface area contributed by atoms with Gasteiger partial charge in [0.15, 0.2) is 0 Å². The van der Waals surface area contributed by atoms with E-state index in [9.17, 15) is 10.1 Å². The first kappa shape index (κ1) is 13.8. The van der Waals surface area contributed by atoms with Crippen LogP contribution in [0.3, 0.4) is 0 Å². The quantitative estimate of drug-likeness (QED) is 0.655. The minimum atomic E-state index is -0.381. The van der Waals surface area contributed by atoms with E-state index in [0.29, 0.717) is 6.04 Å². The van der Waals surface area contributed by atoms with Gasteiger partial charge < -0.3 is 10.2 Å². The van der Waals surface area contributed by atoms with Gasteiger partial charge in [-0.15, -0.1) is 0 Å². The van der Waals surface area contributed by atoms with Crippen molar-refractivity contribution in [1.82, 2.24) is 9.80 Å². The Morgan fingerprint density at radius 1 is 1.32 bits per heavy atom. The molecule has 1 fully saturated rings. The highest BCUT2D eigenvalue weighted by molar-refractivity contribution is 5.48. The minimum Gasteiger partial charge on any atom is -0.383 e. The van der Waals surface area contributed by atoms with E-state index in [2.05, 4.69) is 29.2 Å². The molecule has 0 spiro atoms. The van der Waals surface area contributed by atoms with E-state index in [1.54, 1.807) is 12.1 Å². The summed E-state index contributed by atoms with van der Waals surface area (Å²) in [7, 11) is 4.26. The van der Waals surface area contributed by atoms with E-state index < -0.39 is 0 Å². The third kappa shape index (κ3) is 3.65. The molecule has 1 heterocycles. The molecule has 0 amide bonds. The van der Waals surface area contributed by atoms with Crippen LogP contribution < -0.4 is 5.32 Å². The molecular weight excluding hydrogens is 244 g/mol. The monoisotopic (exact) mass is 264 g/mol. The highest BCUT2D eigenvalue weighted by atomic mass is 16.6. The second kappa shape index (κ2) is 5.99. The topological polar surface area (TPSA) is 61.6 Å². The maximum absolute atomic E-state index is 10.6. The molecule has 0 aliphatic carbocycles. The number of hydrogen-bond donors (Lipinski definition) is 1. The number of piperazine rings is 1. The summed E-state index contributed by atoms with van der Waals surface area (Å²) in [6.07, 6.45) is 0. The lowest BCUT2D eigenvalue weighted by molar-refractivity contribution is -0.384. The fraction of sp³-hybridized carbons (Fsp3) is 0.538. The Bertz CT molecular complexity index is 435. The SMILES string of the molecule is CN1CCN(C)C(CNc2ccc([N+](=O)[O-])cc2)C1. The van der Waals surface area contributed by atoms with Gasteiger partial charge in [0.1, 0.15) is 0 Å². The van der Waals surface area contributed by atoms with Crippen molar-refractivity contribution in [2.45, 2.75) is 6.04 Å². The average Bonchev–Trinajstić information content (AvgIpc) is 2.40. The molecular formula is C13H20N4O2. The van der Waals surface area contributed by atoms with E-state index in [1.807, 2.05) is 0 Å². The summed E-state index contributed by atoms with van der Waals surface area (Å²) in [5, 5.41) is 13.9. The summed E-state index contributed by atoms with van der Waals surface area (Å²) in [6, 6.07) is 7.03. The van der Waals surface area contributed by atoms with E-state index in [4.69, 9.17) is 0 Å². The Morgan fingerprint density at radius 3 is 2.63 bits per heavy atom. The maximum Gasteiger partial charge on any atom is 0.269 e. The largest absolute Gasteiger partial charge is 0.383 e. The first-order valence-corrected chi connectivity index (χ1v) is 6.43. The van der Waals surface area contributed by atoms with Crippen molar-refractivity contribution >= 4 is 11.4 Å². The Labute approximate surface area is 113 Å². The molecule has 6 heteroatoms. The van der Waals surface area contributed by atoms with Crippen LogP contribution in [0.2, 0.25) is 0 Å². The van der Waals surface area contributed by atoms with Gasteiger partial charge in [-0.3, -0.25) is 15.0 Å². The van der Waals surface area contributed by atoms with Crippen LogP contribution in [0.25, 0.3) is 0 Å². The molecule has 1 aromatic carbocycles. The molecule has 1 aliphatic rings. The summed E-state index contributed by atoms with van der Waals surface area (Å²) >= 11 is 0. The van der Waals surface area contributed by atoms with Crippen LogP contribution in [-0.2, 0) is 0 Å². The van der Waals surface area contributed by atoms with Gasteiger partial charge in [0, 0.05) is 50.0 Å². The predicted octanol–water partition coefficient (Wildman–Crippen LogP) is 1.25. The van der Waals surface area contributed by atoms with Gasteiger partial charge in [0.2, 0.25) is 0 Å². The van der Waals surface area contributed by atoms with Crippen molar-refractivity contribution in [2.24, 2.45) is 0 Å². The smallest absolute Gasteiger partial charge is 0.269 e. The standard InChI is InChI=1S/C13H20N4O2/c1-15-7-8-16(2)13(10-15)9-14-11-3-5-12(6-4-11)17(18)19/h3-6,13-14H,7-10H2,1-2H3. The fourth-order valence-electron chi connectivity index (χ4n) is 2.26. The molecule has 1 N–H and O–H groups in total. The Hall–Kier alpha value is -1.66. The summed E-state index contributed by atoms with van der Waals surface area (Å²) in [5.41, 5.74) is 1.05. The highest BCUT2D eigenvalue weighted by Crippen LogP contribution is 2.16. The number of rotatable bonds is 4. The lowest BCUT2D eigenvalue weighted by Gasteiger charge is -2.37. The first-order chi connectivity index (χ1) is 9.06. The van der Waals surface area contributed by atoms with Crippen molar-refractivity contribution < 1.29 is 4.92 Å². The molecule has 1 aromatic rings. The van der Waals surface area contributed by atoms with Gasteiger partial charge in [-0.25, -0.2) is 0 Å². The first-order valence-electron chi connectivity index (χ1n) is 6.43. The third-order valence-electron chi connectivity index (χ3n) is 3.60. The second-order valence-electron chi connectivity index (χ2n) is 5.08. The second-order valence-corrected chi connectivity index (χ2v) is 5.08. The number of hydrogen-bond acceptors (Lipinski definition) is 5. The Balaban J connectivity index is 1.89. The van der Waals surface area contributed by atoms with Crippen LogP contribution in [0.1, 0.15) is 0 Å². The summed E-state index contributed by atoms with van der Waals surface area (Å²) in [5.74, 6) is 0. The summed E-state index contributed by atoms with van der Waals surface area (Å²) < 4.78 is 0. The number of nitro benzene ring substituents is 1.